The Balaban J connectivity index is 1.81. The Morgan fingerprint density at radius 1 is 1.32 bits per heavy atom. The molecular formula is C15H20O4. The molecule has 0 bridgehead atoms. The summed E-state index contributed by atoms with van der Waals surface area (Å²) in [5.74, 6) is 0.0637. The molecule has 1 saturated carbocycles. The molecular weight excluding hydrogens is 244 g/mol. The number of ether oxygens (including phenoxy) is 2. The number of carbonyl (C=O) groups is 1. The SMILES string of the molecule is COCCc1ccc(OCC2(CC(=O)O)CC2)cc1. The number of methoxy groups -OCH3 is 1. The number of benzene rings is 1. The van der Waals surface area contributed by atoms with Crippen LogP contribution in [0.15, 0.2) is 24.3 Å². The first-order valence-corrected chi connectivity index (χ1v) is 6.56. The minimum atomic E-state index is -0.740. The highest BCUT2D eigenvalue weighted by atomic mass is 16.5. The predicted molar refractivity (Wildman–Crippen MR) is 71.4 cm³/mol. The van der Waals surface area contributed by atoms with E-state index in [4.69, 9.17) is 14.6 Å². The van der Waals surface area contributed by atoms with Crippen molar-refractivity contribution in [1.82, 2.24) is 0 Å². The first kappa shape index (κ1) is 13.9. The van der Waals surface area contributed by atoms with Gasteiger partial charge in [-0.1, -0.05) is 12.1 Å². The Morgan fingerprint density at radius 2 is 2.00 bits per heavy atom. The quantitative estimate of drug-likeness (QED) is 0.784. The lowest BCUT2D eigenvalue weighted by molar-refractivity contribution is -0.138. The average Bonchev–Trinajstić information content (AvgIpc) is 3.14. The maximum absolute atomic E-state index is 10.7. The number of hydrogen-bond acceptors (Lipinski definition) is 3. The summed E-state index contributed by atoms with van der Waals surface area (Å²) in [4.78, 5) is 10.7. The van der Waals surface area contributed by atoms with E-state index in [0.717, 1.165) is 25.0 Å². The molecule has 0 atom stereocenters. The van der Waals surface area contributed by atoms with Gasteiger partial charge in [-0.3, -0.25) is 4.79 Å². The summed E-state index contributed by atoms with van der Waals surface area (Å²) in [5, 5.41) is 8.84. The smallest absolute Gasteiger partial charge is 0.304 e. The van der Waals surface area contributed by atoms with Gasteiger partial charge in [-0.15, -0.1) is 0 Å². The molecule has 0 radical (unpaired) electrons. The van der Waals surface area contributed by atoms with E-state index in [-0.39, 0.29) is 11.8 Å². The van der Waals surface area contributed by atoms with Crippen molar-refractivity contribution in [3.8, 4) is 5.75 Å². The van der Waals surface area contributed by atoms with Crippen molar-refractivity contribution >= 4 is 5.97 Å². The number of rotatable bonds is 8. The van der Waals surface area contributed by atoms with Crippen molar-refractivity contribution in [2.45, 2.75) is 25.7 Å². The predicted octanol–water partition coefficient (Wildman–Crippen LogP) is 2.51. The van der Waals surface area contributed by atoms with Gasteiger partial charge in [-0.25, -0.2) is 0 Å². The second-order valence-corrected chi connectivity index (χ2v) is 5.25. The first-order valence-electron chi connectivity index (χ1n) is 6.56. The van der Waals surface area contributed by atoms with Gasteiger partial charge in [0, 0.05) is 12.5 Å². The molecule has 1 aliphatic rings. The van der Waals surface area contributed by atoms with Crippen LogP contribution in [-0.4, -0.2) is 31.4 Å². The average molecular weight is 264 g/mol. The summed E-state index contributed by atoms with van der Waals surface area (Å²) in [5.41, 5.74) is 1.08. The fourth-order valence-corrected chi connectivity index (χ4v) is 2.08. The highest BCUT2D eigenvalue weighted by Gasteiger charge is 2.45. The molecule has 0 spiro atoms. The lowest BCUT2D eigenvalue weighted by Crippen LogP contribution is -2.17. The van der Waals surface area contributed by atoms with Gasteiger partial charge in [-0.2, -0.15) is 0 Å². The van der Waals surface area contributed by atoms with Crippen LogP contribution >= 0.6 is 0 Å². The summed E-state index contributed by atoms with van der Waals surface area (Å²) < 4.78 is 10.7. The fourth-order valence-electron chi connectivity index (χ4n) is 2.08. The maximum Gasteiger partial charge on any atom is 0.304 e. The summed E-state index contributed by atoms with van der Waals surface area (Å²) in [6.45, 7) is 1.21. The van der Waals surface area contributed by atoms with E-state index < -0.39 is 5.97 Å². The van der Waals surface area contributed by atoms with Gasteiger partial charge in [-0.05, 0) is 37.0 Å². The van der Waals surface area contributed by atoms with E-state index in [9.17, 15) is 4.79 Å². The number of aliphatic carboxylic acids is 1. The summed E-state index contributed by atoms with van der Waals surface area (Å²) >= 11 is 0. The van der Waals surface area contributed by atoms with E-state index in [1.54, 1.807) is 7.11 Å². The minimum Gasteiger partial charge on any atom is -0.493 e. The molecule has 1 N–H and O–H groups in total. The third-order valence-electron chi connectivity index (χ3n) is 3.55. The monoisotopic (exact) mass is 264 g/mol. The van der Waals surface area contributed by atoms with Crippen LogP contribution < -0.4 is 4.74 Å². The molecule has 0 aromatic heterocycles. The van der Waals surface area contributed by atoms with Crippen LogP contribution in [0.2, 0.25) is 0 Å². The van der Waals surface area contributed by atoms with E-state index >= 15 is 0 Å². The van der Waals surface area contributed by atoms with Crippen molar-refractivity contribution in [3.05, 3.63) is 29.8 Å². The molecule has 0 aliphatic heterocycles. The van der Waals surface area contributed by atoms with Crippen molar-refractivity contribution in [3.63, 3.8) is 0 Å². The molecule has 0 saturated heterocycles. The number of carboxylic acid groups (broad SMARTS) is 1. The molecule has 0 heterocycles. The lowest BCUT2D eigenvalue weighted by Gasteiger charge is -2.14. The van der Waals surface area contributed by atoms with Crippen molar-refractivity contribution in [2.24, 2.45) is 5.41 Å². The van der Waals surface area contributed by atoms with Crippen LogP contribution in [0.3, 0.4) is 0 Å². The Kier molecular flexibility index (Phi) is 4.43. The van der Waals surface area contributed by atoms with Crippen LogP contribution in [-0.2, 0) is 16.0 Å². The van der Waals surface area contributed by atoms with Gasteiger partial charge in [0.15, 0.2) is 0 Å². The first-order chi connectivity index (χ1) is 9.13. The minimum absolute atomic E-state index is 0.124. The standard InChI is InChI=1S/C15H20O4/c1-18-9-6-12-2-4-13(5-3-12)19-11-15(7-8-15)10-14(16)17/h2-5H,6-11H2,1H3,(H,16,17). The van der Waals surface area contributed by atoms with E-state index in [1.165, 1.54) is 5.56 Å². The molecule has 2 rings (SSSR count). The summed E-state index contributed by atoms with van der Waals surface area (Å²) in [6.07, 6.45) is 3.00. The van der Waals surface area contributed by atoms with Crippen molar-refractivity contribution in [1.29, 1.82) is 0 Å². The lowest BCUT2D eigenvalue weighted by atomic mass is 10.0. The third kappa shape index (κ3) is 4.24. The molecule has 0 amide bonds. The van der Waals surface area contributed by atoms with Gasteiger partial charge in [0.1, 0.15) is 5.75 Å². The topological polar surface area (TPSA) is 55.8 Å². The molecule has 1 fully saturated rings. The van der Waals surface area contributed by atoms with Crippen LogP contribution in [0.25, 0.3) is 0 Å². The van der Waals surface area contributed by atoms with Crippen LogP contribution in [0.4, 0.5) is 0 Å². The molecule has 104 valence electrons. The molecule has 1 aromatic carbocycles. The Hall–Kier alpha value is -1.55. The van der Waals surface area contributed by atoms with Crippen LogP contribution in [0, 0.1) is 5.41 Å². The number of carboxylic acids is 1. The van der Waals surface area contributed by atoms with Crippen molar-refractivity contribution in [2.75, 3.05) is 20.3 Å². The number of hydrogen-bond donors (Lipinski definition) is 1. The Labute approximate surface area is 113 Å². The van der Waals surface area contributed by atoms with Gasteiger partial charge >= 0.3 is 5.97 Å². The van der Waals surface area contributed by atoms with Gasteiger partial charge in [0.25, 0.3) is 0 Å². The van der Waals surface area contributed by atoms with E-state index in [1.807, 2.05) is 24.3 Å². The molecule has 0 unspecified atom stereocenters. The highest BCUT2D eigenvalue weighted by molar-refractivity contribution is 5.68. The normalized spacial score (nSPS) is 16.1. The van der Waals surface area contributed by atoms with E-state index in [2.05, 4.69) is 0 Å². The summed E-state index contributed by atoms with van der Waals surface area (Å²) in [7, 11) is 1.69. The largest absolute Gasteiger partial charge is 0.493 e. The second kappa shape index (κ2) is 6.06. The Morgan fingerprint density at radius 3 is 2.53 bits per heavy atom. The van der Waals surface area contributed by atoms with Gasteiger partial charge in [0.2, 0.25) is 0 Å². The fraction of sp³-hybridized carbons (Fsp3) is 0.533. The zero-order valence-electron chi connectivity index (χ0n) is 11.2. The Bertz CT molecular complexity index is 420. The van der Waals surface area contributed by atoms with Crippen LogP contribution in [0.1, 0.15) is 24.8 Å². The van der Waals surface area contributed by atoms with Crippen LogP contribution in [0.5, 0.6) is 5.75 Å². The molecule has 4 heteroatoms. The summed E-state index contributed by atoms with van der Waals surface area (Å²) in [6, 6.07) is 7.90. The molecule has 19 heavy (non-hydrogen) atoms. The highest BCUT2D eigenvalue weighted by Crippen LogP contribution is 2.48. The zero-order valence-corrected chi connectivity index (χ0v) is 11.2. The maximum atomic E-state index is 10.7. The second-order valence-electron chi connectivity index (χ2n) is 5.25. The van der Waals surface area contributed by atoms with Gasteiger partial charge < -0.3 is 14.6 Å². The molecule has 1 aromatic rings. The third-order valence-corrected chi connectivity index (χ3v) is 3.55. The van der Waals surface area contributed by atoms with E-state index in [0.29, 0.717) is 13.2 Å². The van der Waals surface area contributed by atoms with Gasteiger partial charge in [0.05, 0.1) is 19.6 Å². The molecule has 1 aliphatic carbocycles. The van der Waals surface area contributed by atoms with Crippen molar-refractivity contribution < 1.29 is 19.4 Å². The molecule has 4 nitrogen and oxygen atoms in total. The zero-order chi connectivity index (χ0) is 13.7.